The van der Waals surface area contributed by atoms with Crippen LogP contribution in [0.2, 0.25) is 0 Å². The highest BCUT2D eigenvalue weighted by Crippen LogP contribution is 2.08. The molecule has 0 aliphatic carbocycles. The van der Waals surface area contributed by atoms with Crippen LogP contribution in [0, 0.1) is 0 Å². The number of carbonyl (C=O) groups is 1. The van der Waals surface area contributed by atoms with Crippen LogP contribution < -0.4 is 0 Å². The lowest BCUT2D eigenvalue weighted by Gasteiger charge is -2.09. The number of esters is 1. The first kappa shape index (κ1) is 13.6. The molecule has 1 atom stereocenters. The van der Waals surface area contributed by atoms with Gasteiger partial charge in [-0.1, -0.05) is 25.8 Å². The maximum atomic E-state index is 11.1. The third-order valence-corrected chi connectivity index (χ3v) is 1.81. The number of hydrogen-bond acceptors (Lipinski definition) is 4. The number of aliphatic imine (C=N–C) groups is 1. The molecule has 0 bridgehead atoms. The predicted molar refractivity (Wildman–Crippen MR) is 57.0 cm³/mol. The Labute approximate surface area is 90.0 Å². The van der Waals surface area contributed by atoms with Gasteiger partial charge in [0.1, 0.15) is 0 Å². The molecule has 0 spiro atoms. The summed E-state index contributed by atoms with van der Waals surface area (Å²) in [5.74, 6) is -0.474. The lowest BCUT2D eigenvalue weighted by molar-refractivity contribution is -0.142. The molecule has 0 N–H and O–H groups in total. The minimum absolute atomic E-state index is 0.474. The van der Waals surface area contributed by atoms with Gasteiger partial charge in [-0.05, 0) is 13.3 Å². The lowest BCUT2D eigenvalue weighted by atomic mass is 10.2. The SMILES string of the molecule is CC=CC(=O)OC(CCCCC)N=C=O. The van der Waals surface area contributed by atoms with Crippen molar-refractivity contribution in [1.82, 2.24) is 0 Å². The molecule has 0 aliphatic rings. The van der Waals surface area contributed by atoms with Gasteiger partial charge in [0.25, 0.3) is 0 Å². The molecule has 0 saturated carbocycles. The molecule has 1 unspecified atom stereocenters. The molecule has 4 nitrogen and oxygen atoms in total. The van der Waals surface area contributed by atoms with Crippen LogP contribution in [-0.4, -0.2) is 18.3 Å². The highest BCUT2D eigenvalue weighted by Gasteiger charge is 2.10. The van der Waals surface area contributed by atoms with E-state index >= 15 is 0 Å². The van der Waals surface area contributed by atoms with Gasteiger partial charge in [0, 0.05) is 12.5 Å². The molecular formula is C11H17NO3. The summed E-state index contributed by atoms with van der Waals surface area (Å²) in [5.41, 5.74) is 0. The first-order chi connectivity index (χ1) is 7.24. The highest BCUT2D eigenvalue weighted by molar-refractivity contribution is 5.81. The van der Waals surface area contributed by atoms with Gasteiger partial charge in [-0.2, -0.15) is 4.99 Å². The second kappa shape index (κ2) is 9.16. The van der Waals surface area contributed by atoms with Crippen molar-refractivity contribution in [3.8, 4) is 0 Å². The van der Waals surface area contributed by atoms with E-state index in [1.165, 1.54) is 12.2 Å². The summed E-state index contributed by atoms with van der Waals surface area (Å²) >= 11 is 0. The van der Waals surface area contributed by atoms with Gasteiger partial charge in [-0.25, -0.2) is 9.59 Å². The van der Waals surface area contributed by atoms with Crippen LogP contribution in [0.5, 0.6) is 0 Å². The Kier molecular flexibility index (Phi) is 8.30. The van der Waals surface area contributed by atoms with E-state index in [0.717, 1.165) is 19.3 Å². The third-order valence-electron chi connectivity index (χ3n) is 1.81. The molecule has 0 saturated heterocycles. The van der Waals surface area contributed by atoms with E-state index in [4.69, 9.17) is 4.74 Å². The topological polar surface area (TPSA) is 55.7 Å². The van der Waals surface area contributed by atoms with Crippen molar-refractivity contribution in [1.29, 1.82) is 0 Å². The Hall–Kier alpha value is -1.41. The molecule has 0 aliphatic heterocycles. The van der Waals surface area contributed by atoms with Crippen molar-refractivity contribution < 1.29 is 14.3 Å². The zero-order valence-electron chi connectivity index (χ0n) is 9.23. The molecule has 0 aromatic carbocycles. The number of isocyanates is 1. The number of allylic oxidation sites excluding steroid dienone is 1. The number of nitrogens with zero attached hydrogens (tertiary/aromatic N) is 1. The molecule has 15 heavy (non-hydrogen) atoms. The molecule has 0 heterocycles. The number of carbonyl (C=O) groups excluding carboxylic acids is 2. The highest BCUT2D eigenvalue weighted by atomic mass is 16.6. The summed E-state index contributed by atoms with van der Waals surface area (Å²) in [6.07, 6.45) is 7.18. The second-order valence-electron chi connectivity index (χ2n) is 3.11. The van der Waals surface area contributed by atoms with Crippen LogP contribution in [0.4, 0.5) is 0 Å². The zero-order valence-corrected chi connectivity index (χ0v) is 9.23. The normalized spacial score (nSPS) is 12.1. The fourth-order valence-corrected chi connectivity index (χ4v) is 1.09. The average molecular weight is 211 g/mol. The van der Waals surface area contributed by atoms with Crippen LogP contribution in [0.25, 0.3) is 0 Å². The van der Waals surface area contributed by atoms with Crippen LogP contribution in [0.3, 0.4) is 0 Å². The van der Waals surface area contributed by atoms with E-state index in [-0.39, 0.29) is 0 Å². The zero-order chi connectivity index (χ0) is 11.5. The molecule has 0 aromatic heterocycles. The number of rotatable bonds is 7. The summed E-state index contributed by atoms with van der Waals surface area (Å²) in [7, 11) is 0. The van der Waals surface area contributed by atoms with Crippen LogP contribution in [0.15, 0.2) is 17.1 Å². The number of hydrogen-bond donors (Lipinski definition) is 0. The van der Waals surface area contributed by atoms with Gasteiger partial charge >= 0.3 is 5.97 Å². The monoisotopic (exact) mass is 211 g/mol. The second-order valence-corrected chi connectivity index (χ2v) is 3.11. The Morgan fingerprint density at radius 3 is 2.80 bits per heavy atom. The molecular weight excluding hydrogens is 194 g/mol. The van der Waals surface area contributed by atoms with Gasteiger partial charge in [0.05, 0.1) is 0 Å². The van der Waals surface area contributed by atoms with Crippen molar-refractivity contribution in [2.45, 2.75) is 45.8 Å². The first-order valence-electron chi connectivity index (χ1n) is 5.14. The lowest BCUT2D eigenvalue weighted by Crippen LogP contribution is -2.14. The molecule has 84 valence electrons. The Balaban J connectivity index is 4.03. The van der Waals surface area contributed by atoms with Crippen molar-refractivity contribution in [2.75, 3.05) is 0 Å². The van der Waals surface area contributed by atoms with Gasteiger partial charge in [0.2, 0.25) is 12.3 Å². The molecule has 4 heteroatoms. The van der Waals surface area contributed by atoms with Crippen molar-refractivity contribution in [3.05, 3.63) is 12.2 Å². The maximum Gasteiger partial charge on any atom is 0.332 e. The van der Waals surface area contributed by atoms with Crippen LogP contribution >= 0.6 is 0 Å². The van der Waals surface area contributed by atoms with Crippen molar-refractivity contribution >= 4 is 12.0 Å². The summed E-state index contributed by atoms with van der Waals surface area (Å²) in [4.78, 5) is 24.6. The minimum atomic E-state index is -0.683. The first-order valence-corrected chi connectivity index (χ1v) is 5.14. The summed E-state index contributed by atoms with van der Waals surface area (Å²) in [5, 5.41) is 0. The van der Waals surface area contributed by atoms with Crippen molar-refractivity contribution in [2.24, 2.45) is 4.99 Å². The van der Waals surface area contributed by atoms with E-state index in [2.05, 4.69) is 11.9 Å². The van der Waals surface area contributed by atoms with Gasteiger partial charge < -0.3 is 4.74 Å². The van der Waals surface area contributed by atoms with E-state index in [1.54, 1.807) is 13.0 Å². The quantitative estimate of drug-likeness (QED) is 0.213. The summed E-state index contributed by atoms with van der Waals surface area (Å²) in [6, 6.07) is 0. The smallest absolute Gasteiger partial charge is 0.332 e. The van der Waals surface area contributed by atoms with E-state index in [9.17, 15) is 9.59 Å². The largest absolute Gasteiger partial charge is 0.436 e. The maximum absolute atomic E-state index is 11.1. The molecule has 0 radical (unpaired) electrons. The van der Waals surface area contributed by atoms with E-state index in [0.29, 0.717) is 6.42 Å². The molecule has 0 amide bonds. The van der Waals surface area contributed by atoms with E-state index < -0.39 is 12.2 Å². The van der Waals surface area contributed by atoms with Gasteiger partial charge in [-0.15, -0.1) is 0 Å². The summed E-state index contributed by atoms with van der Waals surface area (Å²) < 4.78 is 4.92. The predicted octanol–water partition coefficient (Wildman–Crippen LogP) is 2.35. The van der Waals surface area contributed by atoms with Gasteiger partial charge in [0.15, 0.2) is 0 Å². The third kappa shape index (κ3) is 7.65. The van der Waals surface area contributed by atoms with Crippen LogP contribution in [0.1, 0.15) is 39.5 Å². The molecule has 0 fully saturated rings. The minimum Gasteiger partial charge on any atom is -0.436 e. The Bertz CT molecular complexity index is 255. The number of unbranched alkanes of at least 4 members (excludes halogenated alkanes) is 2. The standard InChI is InChI=1S/C11H17NO3/c1-3-5-6-8-10(12-9-13)15-11(14)7-4-2/h4,7,10H,3,5-6,8H2,1-2H3. The average Bonchev–Trinajstić information content (AvgIpc) is 2.18. The van der Waals surface area contributed by atoms with Gasteiger partial charge in [-0.3, -0.25) is 0 Å². The molecule has 0 rings (SSSR count). The molecule has 0 aromatic rings. The van der Waals surface area contributed by atoms with E-state index in [1.807, 2.05) is 0 Å². The Morgan fingerprint density at radius 1 is 1.53 bits per heavy atom. The number of ether oxygens (including phenoxy) is 1. The Morgan fingerprint density at radius 2 is 2.27 bits per heavy atom. The van der Waals surface area contributed by atoms with Crippen LogP contribution in [-0.2, 0) is 14.3 Å². The fraction of sp³-hybridized carbons (Fsp3) is 0.636. The fourth-order valence-electron chi connectivity index (χ4n) is 1.09. The van der Waals surface area contributed by atoms with Crippen molar-refractivity contribution in [3.63, 3.8) is 0 Å². The summed E-state index contributed by atoms with van der Waals surface area (Å²) in [6.45, 7) is 3.79.